The average molecular weight is 439 g/mol. The van der Waals surface area contributed by atoms with Crippen LogP contribution in [-0.4, -0.2) is 25.3 Å². The lowest BCUT2D eigenvalue weighted by molar-refractivity contribution is 0.0845. The average Bonchev–Trinajstić information content (AvgIpc) is 2.77. The van der Waals surface area contributed by atoms with Gasteiger partial charge in [-0.2, -0.15) is 0 Å². The maximum absolute atomic E-state index is 12.7. The monoisotopic (exact) mass is 439 g/mol. The first-order valence-corrected chi connectivity index (χ1v) is 10.8. The first-order valence-electron chi connectivity index (χ1n) is 9.31. The van der Waals surface area contributed by atoms with Crippen LogP contribution >= 0.6 is 0 Å². The van der Waals surface area contributed by atoms with E-state index in [4.69, 9.17) is 0 Å². The van der Waals surface area contributed by atoms with Gasteiger partial charge in [0.1, 0.15) is 5.75 Å². The maximum atomic E-state index is 12.7. The molecule has 0 saturated carbocycles. The number of carbonyl (C=O) groups is 2. The van der Waals surface area contributed by atoms with Crippen LogP contribution in [0, 0.1) is 6.92 Å². The highest BCUT2D eigenvalue weighted by molar-refractivity contribution is 7.89. The molecule has 3 rings (SSSR count). The molecule has 0 aliphatic rings. The molecule has 0 heterocycles. The zero-order valence-electron chi connectivity index (χ0n) is 16.6. The zero-order chi connectivity index (χ0) is 22.4. The van der Waals surface area contributed by atoms with Crippen molar-refractivity contribution in [2.75, 3.05) is 0 Å². The summed E-state index contributed by atoms with van der Waals surface area (Å²) in [6, 6.07) is 19.1. The summed E-state index contributed by atoms with van der Waals surface area (Å²) in [7, 11) is -3.88. The first kappa shape index (κ1) is 22.0. The Kier molecular flexibility index (Phi) is 6.68. The molecular formula is C22H21N3O5S. The van der Waals surface area contributed by atoms with Crippen LogP contribution in [0.3, 0.4) is 0 Å². The van der Waals surface area contributed by atoms with Crippen LogP contribution in [0.1, 0.15) is 31.8 Å². The number of aromatic hydroxyl groups is 1. The lowest BCUT2D eigenvalue weighted by atomic mass is 10.1. The Hall–Kier alpha value is -3.69. The molecule has 0 aromatic heterocycles. The van der Waals surface area contributed by atoms with E-state index in [1.54, 1.807) is 31.2 Å². The van der Waals surface area contributed by atoms with Crippen molar-refractivity contribution in [3.8, 4) is 5.75 Å². The molecule has 0 unspecified atom stereocenters. The molecule has 3 aromatic carbocycles. The Morgan fingerprint density at radius 1 is 0.871 bits per heavy atom. The third kappa shape index (κ3) is 5.47. The molecule has 0 bridgehead atoms. The molecule has 0 radical (unpaired) electrons. The summed E-state index contributed by atoms with van der Waals surface area (Å²) in [4.78, 5) is 24.5. The highest BCUT2D eigenvalue weighted by atomic mass is 32.2. The quantitative estimate of drug-likeness (QED) is 0.439. The highest BCUT2D eigenvalue weighted by Gasteiger charge is 2.19. The normalized spacial score (nSPS) is 11.0. The van der Waals surface area contributed by atoms with Crippen LogP contribution in [0.2, 0.25) is 0 Å². The van der Waals surface area contributed by atoms with Gasteiger partial charge in [-0.15, -0.1) is 0 Å². The molecule has 160 valence electrons. The van der Waals surface area contributed by atoms with E-state index in [0.29, 0.717) is 5.56 Å². The van der Waals surface area contributed by atoms with Crippen molar-refractivity contribution in [2.24, 2.45) is 0 Å². The van der Waals surface area contributed by atoms with Crippen LogP contribution in [0.15, 0.2) is 77.7 Å². The molecule has 8 nitrogen and oxygen atoms in total. The lowest BCUT2D eigenvalue weighted by Crippen LogP contribution is -2.41. The van der Waals surface area contributed by atoms with E-state index in [0.717, 1.165) is 5.56 Å². The van der Waals surface area contributed by atoms with Gasteiger partial charge in [0.2, 0.25) is 10.0 Å². The number of amides is 2. The number of phenols is 1. The molecule has 0 aliphatic heterocycles. The first-order chi connectivity index (χ1) is 14.8. The van der Waals surface area contributed by atoms with Crippen molar-refractivity contribution < 1.29 is 23.1 Å². The van der Waals surface area contributed by atoms with E-state index in [2.05, 4.69) is 15.6 Å². The predicted octanol–water partition coefficient (Wildman–Crippen LogP) is 2.25. The van der Waals surface area contributed by atoms with Crippen molar-refractivity contribution >= 4 is 21.8 Å². The van der Waals surface area contributed by atoms with E-state index in [9.17, 15) is 23.1 Å². The van der Waals surface area contributed by atoms with Gasteiger partial charge in [-0.25, -0.2) is 13.1 Å². The van der Waals surface area contributed by atoms with Gasteiger partial charge in [-0.1, -0.05) is 48.5 Å². The van der Waals surface area contributed by atoms with Gasteiger partial charge in [0.05, 0.1) is 10.5 Å². The summed E-state index contributed by atoms with van der Waals surface area (Å²) in [5, 5.41) is 9.71. The summed E-state index contributed by atoms with van der Waals surface area (Å²) in [6.07, 6.45) is 0. The van der Waals surface area contributed by atoms with Crippen molar-refractivity contribution in [1.29, 1.82) is 0 Å². The highest BCUT2D eigenvalue weighted by Crippen LogP contribution is 2.18. The Bertz CT molecular complexity index is 1210. The molecule has 4 N–H and O–H groups in total. The molecule has 2 amide bonds. The number of hydrogen-bond acceptors (Lipinski definition) is 5. The number of hydrazine groups is 1. The number of phenolic OH excluding ortho intramolecular Hbond substituents is 1. The fourth-order valence-electron chi connectivity index (χ4n) is 2.80. The molecule has 31 heavy (non-hydrogen) atoms. The van der Waals surface area contributed by atoms with E-state index in [-0.39, 0.29) is 28.3 Å². The smallest absolute Gasteiger partial charge is 0.273 e. The second-order valence-corrected chi connectivity index (χ2v) is 8.45. The number of carbonyl (C=O) groups excluding carboxylic acids is 2. The minimum Gasteiger partial charge on any atom is -0.507 e. The van der Waals surface area contributed by atoms with Gasteiger partial charge < -0.3 is 5.11 Å². The number of aryl methyl sites for hydroxylation is 1. The molecular weight excluding hydrogens is 418 g/mol. The largest absolute Gasteiger partial charge is 0.507 e. The topological polar surface area (TPSA) is 125 Å². The number of hydrogen-bond donors (Lipinski definition) is 4. The minimum absolute atomic E-state index is 0.0138. The molecule has 0 fully saturated rings. The van der Waals surface area contributed by atoms with Gasteiger partial charge in [-0.05, 0) is 42.3 Å². The standard InChI is InChI=1S/C22H21N3O5S/c1-15-11-12-17(21(27)24-25-22(28)18-9-5-6-10-19(18)26)13-20(15)31(29,30)23-14-16-7-3-2-4-8-16/h2-13,23,26H,14H2,1H3,(H,24,27)(H,25,28). The van der Waals surface area contributed by atoms with Gasteiger partial charge >= 0.3 is 0 Å². The third-order valence-corrected chi connectivity index (χ3v) is 6.03. The van der Waals surface area contributed by atoms with Gasteiger partial charge in [0.15, 0.2) is 0 Å². The third-order valence-electron chi connectivity index (χ3n) is 4.49. The van der Waals surface area contributed by atoms with Gasteiger partial charge in [0, 0.05) is 12.1 Å². The van der Waals surface area contributed by atoms with Crippen molar-refractivity contribution in [3.05, 3.63) is 95.1 Å². The molecule has 3 aromatic rings. The van der Waals surface area contributed by atoms with Crippen LogP contribution < -0.4 is 15.6 Å². The molecule has 0 aliphatic carbocycles. The summed E-state index contributed by atoms with van der Waals surface area (Å²) in [5.41, 5.74) is 5.70. The Morgan fingerprint density at radius 2 is 1.52 bits per heavy atom. The van der Waals surface area contributed by atoms with Crippen molar-refractivity contribution in [3.63, 3.8) is 0 Å². The molecule has 9 heteroatoms. The van der Waals surface area contributed by atoms with Crippen molar-refractivity contribution in [1.82, 2.24) is 15.6 Å². The Labute approximate surface area is 180 Å². The van der Waals surface area contributed by atoms with Crippen LogP contribution in [0.4, 0.5) is 0 Å². The number of sulfonamides is 1. The molecule has 0 atom stereocenters. The fraction of sp³-hybridized carbons (Fsp3) is 0.0909. The summed E-state index contributed by atoms with van der Waals surface area (Å²) < 4.78 is 28.0. The number of rotatable bonds is 6. The molecule has 0 spiro atoms. The summed E-state index contributed by atoms with van der Waals surface area (Å²) in [5.74, 6) is -1.65. The van der Waals surface area contributed by atoms with E-state index >= 15 is 0 Å². The van der Waals surface area contributed by atoms with E-state index in [1.165, 1.54) is 30.3 Å². The molecule has 0 saturated heterocycles. The van der Waals surface area contributed by atoms with Gasteiger partial charge in [0.25, 0.3) is 11.8 Å². The number of benzene rings is 3. The van der Waals surface area contributed by atoms with Crippen molar-refractivity contribution in [2.45, 2.75) is 18.4 Å². The summed E-state index contributed by atoms with van der Waals surface area (Å²) >= 11 is 0. The van der Waals surface area contributed by atoms with E-state index < -0.39 is 21.8 Å². The number of para-hydroxylation sites is 1. The van der Waals surface area contributed by atoms with Crippen LogP contribution in [-0.2, 0) is 16.6 Å². The lowest BCUT2D eigenvalue weighted by Gasteiger charge is -2.12. The maximum Gasteiger partial charge on any atom is 0.273 e. The Balaban J connectivity index is 1.71. The minimum atomic E-state index is -3.88. The second-order valence-electron chi connectivity index (χ2n) is 6.72. The zero-order valence-corrected chi connectivity index (χ0v) is 17.4. The SMILES string of the molecule is Cc1ccc(C(=O)NNC(=O)c2ccccc2O)cc1S(=O)(=O)NCc1ccccc1. The van der Waals surface area contributed by atoms with E-state index in [1.807, 2.05) is 18.2 Å². The Morgan fingerprint density at radius 3 is 2.23 bits per heavy atom. The number of nitrogens with one attached hydrogen (secondary N) is 3. The van der Waals surface area contributed by atoms with Crippen LogP contribution in [0.5, 0.6) is 5.75 Å². The summed E-state index contributed by atoms with van der Waals surface area (Å²) in [6.45, 7) is 1.73. The van der Waals surface area contributed by atoms with Gasteiger partial charge in [-0.3, -0.25) is 20.4 Å². The van der Waals surface area contributed by atoms with Crippen LogP contribution in [0.25, 0.3) is 0 Å². The fourth-order valence-corrected chi connectivity index (χ4v) is 4.09. The predicted molar refractivity (Wildman–Crippen MR) is 115 cm³/mol. The second kappa shape index (κ2) is 9.41.